The Kier molecular flexibility index (Phi) is 9.02. The van der Waals surface area contributed by atoms with Gasteiger partial charge in [-0.05, 0) is 40.7 Å². The van der Waals surface area contributed by atoms with E-state index in [1.54, 1.807) is 0 Å². The zero-order valence-electron chi connectivity index (χ0n) is 21.4. The van der Waals surface area contributed by atoms with Gasteiger partial charge in [0.1, 0.15) is 17.3 Å². The molecule has 3 rings (SSSR count). The minimum absolute atomic E-state index is 0.0803. The number of hydrogen-bond donors (Lipinski definition) is 4. The van der Waals surface area contributed by atoms with Crippen molar-refractivity contribution < 1.29 is 40.9 Å². The summed E-state index contributed by atoms with van der Waals surface area (Å²) in [7, 11) is -3.59. The Morgan fingerprint density at radius 2 is 1.82 bits per heavy atom. The largest absolute Gasteiger partial charge is 0.476 e. The Balaban J connectivity index is 1.79. The van der Waals surface area contributed by atoms with Gasteiger partial charge >= 0.3 is 6.18 Å². The number of nitrogens with one attached hydrogen (secondary N) is 1. The number of hydrogen-bond acceptors (Lipinski definition) is 7. The average Bonchev–Trinajstić information content (AvgIpc) is 2.80. The van der Waals surface area contributed by atoms with Crippen LogP contribution in [0.2, 0.25) is 0 Å². The van der Waals surface area contributed by atoms with Gasteiger partial charge in [-0.15, -0.1) is 0 Å². The molecule has 5 N–H and O–H groups in total. The number of halogens is 4. The maximum atomic E-state index is 14.5. The molecule has 0 aliphatic carbocycles. The summed E-state index contributed by atoms with van der Waals surface area (Å²) in [5, 5.41) is 23.2. The summed E-state index contributed by atoms with van der Waals surface area (Å²) < 4.78 is 83.6. The summed E-state index contributed by atoms with van der Waals surface area (Å²) in [6, 6.07) is 9.04. The molecule has 1 fully saturated rings. The van der Waals surface area contributed by atoms with Crippen LogP contribution in [0.15, 0.2) is 36.4 Å². The summed E-state index contributed by atoms with van der Waals surface area (Å²) >= 11 is 0. The lowest BCUT2D eigenvalue weighted by molar-refractivity contribution is -0.203. The molecule has 7 nitrogen and oxygen atoms in total. The molecule has 0 unspecified atom stereocenters. The van der Waals surface area contributed by atoms with Crippen LogP contribution in [0.25, 0.3) is 0 Å². The molecule has 4 atom stereocenters. The number of sulfone groups is 1. The Bertz CT molecular complexity index is 1230. The third-order valence-corrected chi connectivity index (χ3v) is 8.41. The Morgan fingerprint density at radius 3 is 2.42 bits per heavy atom. The SMILES string of the molecule is CC(C)(C)c1cccc(CN[C@H]2CS(=O)(=O)C[C@@H](Cc3cc(F)c(N)c(O[C@H](CO)C(F)(F)F)c3)[C@@H]2O)c1. The second-order valence-electron chi connectivity index (χ2n) is 10.8. The van der Waals surface area contributed by atoms with Gasteiger partial charge in [0, 0.05) is 18.5 Å². The van der Waals surface area contributed by atoms with Crippen molar-refractivity contribution >= 4 is 15.5 Å². The normalized spacial score (nSPS) is 22.7. The van der Waals surface area contributed by atoms with E-state index in [0.717, 1.165) is 23.3 Å². The molecule has 1 aliphatic heterocycles. The average molecular weight is 563 g/mol. The molecule has 0 bridgehead atoms. The van der Waals surface area contributed by atoms with Crippen LogP contribution in [0, 0.1) is 11.7 Å². The highest BCUT2D eigenvalue weighted by Crippen LogP contribution is 2.33. The Hall–Kier alpha value is -2.41. The first-order valence-electron chi connectivity index (χ1n) is 12.1. The molecule has 38 heavy (non-hydrogen) atoms. The predicted molar refractivity (Wildman–Crippen MR) is 136 cm³/mol. The van der Waals surface area contributed by atoms with Crippen molar-refractivity contribution in [2.45, 2.75) is 63.6 Å². The van der Waals surface area contributed by atoms with E-state index in [4.69, 9.17) is 15.6 Å². The molecule has 0 aromatic heterocycles. The highest BCUT2D eigenvalue weighted by Gasteiger charge is 2.42. The summed E-state index contributed by atoms with van der Waals surface area (Å²) in [5.41, 5.74) is 6.91. The topological polar surface area (TPSA) is 122 Å². The number of alkyl halides is 3. The van der Waals surface area contributed by atoms with Gasteiger partial charge in [-0.2, -0.15) is 13.2 Å². The van der Waals surface area contributed by atoms with Crippen LogP contribution in [-0.2, 0) is 28.2 Å². The zero-order valence-corrected chi connectivity index (χ0v) is 22.2. The van der Waals surface area contributed by atoms with Crippen molar-refractivity contribution in [1.29, 1.82) is 0 Å². The van der Waals surface area contributed by atoms with Crippen LogP contribution in [0.4, 0.5) is 23.2 Å². The van der Waals surface area contributed by atoms with Gasteiger partial charge in [0.25, 0.3) is 0 Å². The van der Waals surface area contributed by atoms with Gasteiger partial charge in [0.15, 0.2) is 9.84 Å². The van der Waals surface area contributed by atoms with Gasteiger partial charge in [-0.1, -0.05) is 45.0 Å². The lowest BCUT2D eigenvalue weighted by Crippen LogP contribution is -2.54. The van der Waals surface area contributed by atoms with Crippen LogP contribution in [0.1, 0.15) is 37.5 Å². The van der Waals surface area contributed by atoms with Crippen molar-refractivity contribution in [3.63, 3.8) is 0 Å². The van der Waals surface area contributed by atoms with Crippen molar-refractivity contribution in [3.8, 4) is 5.75 Å². The molecule has 0 radical (unpaired) electrons. The number of aliphatic hydroxyl groups excluding tert-OH is 2. The van der Waals surface area contributed by atoms with E-state index >= 15 is 0 Å². The molecular weight excluding hydrogens is 528 g/mol. The van der Waals surface area contributed by atoms with Crippen molar-refractivity contribution in [2.24, 2.45) is 5.92 Å². The summed E-state index contributed by atoms with van der Waals surface area (Å²) in [5.74, 6) is -3.22. The number of ether oxygens (including phenoxy) is 1. The van der Waals surface area contributed by atoms with E-state index in [1.807, 2.05) is 24.3 Å². The molecule has 1 saturated heterocycles. The van der Waals surface area contributed by atoms with Gasteiger partial charge < -0.3 is 26.0 Å². The van der Waals surface area contributed by atoms with Crippen LogP contribution in [0.5, 0.6) is 5.75 Å². The number of anilines is 1. The molecule has 12 heteroatoms. The fraction of sp³-hybridized carbons (Fsp3) is 0.538. The molecule has 1 aliphatic rings. The summed E-state index contributed by atoms with van der Waals surface area (Å²) in [6.45, 7) is 5.13. The minimum atomic E-state index is -4.92. The minimum Gasteiger partial charge on any atom is -0.476 e. The second-order valence-corrected chi connectivity index (χ2v) is 12.9. The maximum Gasteiger partial charge on any atom is 0.427 e. The fourth-order valence-corrected chi connectivity index (χ4v) is 6.44. The lowest BCUT2D eigenvalue weighted by atomic mass is 9.86. The van der Waals surface area contributed by atoms with E-state index in [2.05, 4.69) is 26.1 Å². The number of benzene rings is 2. The smallest absolute Gasteiger partial charge is 0.427 e. The predicted octanol–water partition coefficient (Wildman–Crippen LogP) is 3.11. The van der Waals surface area contributed by atoms with E-state index in [0.29, 0.717) is 6.54 Å². The highest BCUT2D eigenvalue weighted by atomic mass is 32.2. The number of aliphatic hydroxyl groups is 2. The van der Waals surface area contributed by atoms with E-state index in [-0.39, 0.29) is 28.9 Å². The highest BCUT2D eigenvalue weighted by molar-refractivity contribution is 7.91. The maximum absolute atomic E-state index is 14.5. The first kappa shape index (κ1) is 30.1. The first-order valence-corrected chi connectivity index (χ1v) is 14.0. The molecule has 0 amide bonds. The second kappa shape index (κ2) is 11.4. The van der Waals surface area contributed by atoms with E-state index in [9.17, 15) is 31.1 Å². The van der Waals surface area contributed by atoms with Crippen LogP contribution < -0.4 is 15.8 Å². The van der Waals surface area contributed by atoms with Gasteiger partial charge in [0.05, 0.1) is 24.2 Å². The molecular formula is C26H34F4N2O5S. The quantitative estimate of drug-likeness (QED) is 0.288. The Labute approximate surface area is 219 Å². The summed E-state index contributed by atoms with van der Waals surface area (Å²) in [6.07, 6.45) is -8.83. The monoisotopic (exact) mass is 562 g/mol. The number of rotatable bonds is 8. The van der Waals surface area contributed by atoms with Crippen LogP contribution >= 0.6 is 0 Å². The standard InChI is InChI=1S/C26H34F4N2O5S/c1-25(2,3)18-6-4-5-15(8-18)11-32-20-14-38(35,36)13-17(24(20)34)7-16-9-19(27)23(31)21(10-16)37-22(12-33)26(28,29)30/h4-6,8-10,17,20,22,24,32-34H,7,11-14,31H2,1-3H3/t17-,20+,22-,24+/m1/s1. The third kappa shape index (κ3) is 7.58. The van der Waals surface area contributed by atoms with Crippen LogP contribution in [-0.4, -0.2) is 61.2 Å². The van der Waals surface area contributed by atoms with E-state index in [1.165, 1.54) is 0 Å². The van der Waals surface area contributed by atoms with Crippen molar-refractivity contribution in [2.75, 3.05) is 23.8 Å². The first-order chi connectivity index (χ1) is 17.5. The van der Waals surface area contributed by atoms with Crippen LogP contribution in [0.3, 0.4) is 0 Å². The molecule has 1 heterocycles. The molecule has 0 spiro atoms. The molecule has 2 aromatic carbocycles. The van der Waals surface area contributed by atoms with Crippen molar-refractivity contribution in [3.05, 3.63) is 58.9 Å². The third-order valence-electron chi connectivity index (χ3n) is 6.61. The zero-order chi connectivity index (χ0) is 28.5. The fourth-order valence-electron chi connectivity index (χ4n) is 4.47. The number of nitrogens with two attached hydrogens (primary N) is 1. The van der Waals surface area contributed by atoms with Gasteiger partial charge in [0.2, 0.25) is 6.10 Å². The molecule has 2 aromatic rings. The Morgan fingerprint density at radius 1 is 1.13 bits per heavy atom. The van der Waals surface area contributed by atoms with E-state index < -0.39 is 64.0 Å². The summed E-state index contributed by atoms with van der Waals surface area (Å²) in [4.78, 5) is 0. The van der Waals surface area contributed by atoms with Gasteiger partial charge in [-0.25, -0.2) is 12.8 Å². The van der Waals surface area contributed by atoms with Crippen molar-refractivity contribution in [1.82, 2.24) is 5.32 Å². The lowest BCUT2D eigenvalue weighted by Gasteiger charge is -2.35. The number of nitrogen functional groups attached to an aromatic ring is 1. The molecule has 0 saturated carbocycles. The van der Waals surface area contributed by atoms with Gasteiger partial charge in [-0.3, -0.25) is 0 Å². The molecule has 212 valence electrons.